The van der Waals surface area contributed by atoms with E-state index in [-0.39, 0.29) is 6.04 Å². The Morgan fingerprint density at radius 3 is 2.57 bits per heavy atom. The summed E-state index contributed by atoms with van der Waals surface area (Å²) in [4.78, 5) is 25.8. The monoisotopic (exact) mass is 314 g/mol. The summed E-state index contributed by atoms with van der Waals surface area (Å²) >= 11 is 0. The summed E-state index contributed by atoms with van der Waals surface area (Å²) < 4.78 is 1.66. The topological polar surface area (TPSA) is 67.2 Å². The van der Waals surface area contributed by atoms with Crippen molar-refractivity contribution >= 4 is 11.8 Å². The standard InChI is InChI=1S/C17H22N4O2/c1-4-15(14-8-6-5-7-9-14)19-16(22)17(23)20(2)11-13-10-18-21(3)12-13/h5-10,12,15H,4,11H2,1-3H3,(H,19,22). The Labute approximate surface area is 136 Å². The lowest BCUT2D eigenvalue weighted by atomic mass is 10.0. The number of aromatic nitrogens is 2. The van der Waals surface area contributed by atoms with Gasteiger partial charge in [-0.3, -0.25) is 14.3 Å². The summed E-state index contributed by atoms with van der Waals surface area (Å²) in [5.41, 5.74) is 1.87. The number of nitrogens with zero attached hydrogens (tertiary/aromatic N) is 3. The molecule has 0 saturated heterocycles. The Kier molecular flexibility index (Phi) is 5.51. The highest BCUT2D eigenvalue weighted by Gasteiger charge is 2.22. The quantitative estimate of drug-likeness (QED) is 0.853. The van der Waals surface area contributed by atoms with Gasteiger partial charge in [-0.1, -0.05) is 37.3 Å². The highest BCUT2D eigenvalue weighted by Crippen LogP contribution is 2.15. The lowest BCUT2D eigenvalue weighted by Crippen LogP contribution is -2.42. The molecule has 0 bridgehead atoms. The smallest absolute Gasteiger partial charge is 0.311 e. The first-order valence-electron chi connectivity index (χ1n) is 7.59. The molecule has 0 radical (unpaired) electrons. The van der Waals surface area contributed by atoms with Crippen LogP contribution in [0.3, 0.4) is 0 Å². The fourth-order valence-corrected chi connectivity index (χ4v) is 2.40. The van der Waals surface area contributed by atoms with Crippen LogP contribution in [0.2, 0.25) is 0 Å². The minimum absolute atomic E-state index is 0.167. The van der Waals surface area contributed by atoms with E-state index in [4.69, 9.17) is 0 Å². The number of carbonyl (C=O) groups excluding carboxylic acids is 2. The molecule has 1 N–H and O–H groups in total. The van der Waals surface area contributed by atoms with Gasteiger partial charge in [0.1, 0.15) is 0 Å². The zero-order chi connectivity index (χ0) is 16.8. The zero-order valence-corrected chi connectivity index (χ0v) is 13.7. The number of nitrogens with one attached hydrogen (secondary N) is 1. The molecule has 2 amide bonds. The lowest BCUT2D eigenvalue weighted by molar-refractivity contribution is -0.145. The number of hydrogen-bond acceptors (Lipinski definition) is 3. The van der Waals surface area contributed by atoms with Crippen LogP contribution in [-0.4, -0.2) is 33.5 Å². The minimum Gasteiger partial charge on any atom is -0.341 e. The van der Waals surface area contributed by atoms with E-state index in [2.05, 4.69) is 10.4 Å². The predicted molar refractivity (Wildman–Crippen MR) is 87.3 cm³/mol. The van der Waals surface area contributed by atoms with E-state index in [9.17, 15) is 9.59 Å². The van der Waals surface area contributed by atoms with Crippen molar-refractivity contribution in [3.63, 3.8) is 0 Å². The molecule has 1 heterocycles. The third kappa shape index (κ3) is 4.42. The summed E-state index contributed by atoms with van der Waals surface area (Å²) in [6, 6.07) is 9.47. The van der Waals surface area contributed by atoms with Crippen LogP contribution in [0, 0.1) is 0 Å². The number of likely N-dealkylation sites (N-methyl/N-ethyl adjacent to an activating group) is 1. The molecule has 1 aromatic carbocycles. The second-order valence-corrected chi connectivity index (χ2v) is 5.53. The van der Waals surface area contributed by atoms with Gasteiger partial charge >= 0.3 is 11.8 Å². The highest BCUT2D eigenvalue weighted by molar-refractivity contribution is 6.34. The van der Waals surface area contributed by atoms with Crippen LogP contribution in [0.15, 0.2) is 42.7 Å². The maximum Gasteiger partial charge on any atom is 0.311 e. The van der Waals surface area contributed by atoms with E-state index in [0.29, 0.717) is 6.54 Å². The molecule has 1 unspecified atom stereocenters. The summed E-state index contributed by atoms with van der Waals surface area (Å²) in [5.74, 6) is -1.14. The summed E-state index contributed by atoms with van der Waals surface area (Å²) in [7, 11) is 3.42. The summed E-state index contributed by atoms with van der Waals surface area (Å²) in [6.07, 6.45) is 4.22. The van der Waals surface area contributed by atoms with Crippen molar-refractivity contribution in [3.05, 3.63) is 53.9 Å². The van der Waals surface area contributed by atoms with Crippen molar-refractivity contribution in [1.29, 1.82) is 0 Å². The molecule has 0 fully saturated rings. The van der Waals surface area contributed by atoms with Crippen LogP contribution < -0.4 is 5.32 Å². The first kappa shape index (κ1) is 16.7. The van der Waals surface area contributed by atoms with Gasteiger partial charge in [0.15, 0.2) is 0 Å². The number of hydrogen-bond donors (Lipinski definition) is 1. The van der Waals surface area contributed by atoms with E-state index in [1.165, 1.54) is 4.90 Å². The van der Waals surface area contributed by atoms with Gasteiger partial charge in [0, 0.05) is 32.4 Å². The van der Waals surface area contributed by atoms with Gasteiger partial charge in [0.05, 0.1) is 12.2 Å². The second kappa shape index (κ2) is 7.58. The summed E-state index contributed by atoms with van der Waals surface area (Å²) in [6.45, 7) is 2.32. The van der Waals surface area contributed by atoms with E-state index < -0.39 is 11.8 Å². The van der Waals surface area contributed by atoms with Gasteiger partial charge in [-0.05, 0) is 12.0 Å². The van der Waals surface area contributed by atoms with Crippen LogP contribution in [0.25, 0.3) is 0 Å². The number of benzene rings is 1. The van der Waals surface area contributed by atoms with Crippen LogP contribution in [-0.2, 0) is 23.2 Å². The second-order valence-electron chi connectivity index (χ2n) is 5.53. The SMILES string of the molecule is CCC(NC(=O)C(=O)N(C)Cc1cnn(C)c1)c1ccccc1. The molecule has 0 aliphatic heterocycles. The summed E-state index contributed by atoms with van der Waals surface area (Å²) in [5, 5.41) is 6.86. The van der Waals surface area contributed by atoms with Gasteiger partial charge in [0.25, 0.3) is 0 Å². The first-order chi connectivity index (χ1) is 11.0. The molecule has 0 aliphatic rings. The van der Waals surface area contributed by atoms with Gasteiger partial charge in [-0.25, -0.2) is 0 Å². The van der Waals surface area contributed by atoms with Gasteiger partial charge in [-0.2, -0.15) is 5.10 Å². The van der Waals surface area contributed by atoms with Crippen molar-refractivity contribution in [2.75, 3.05) is 7.05 Å². The van der Waals surface area contributed by atoms with Crippen LogP contribution in [0.5, 0.6) is 0 Å². The number of aryl methyl sites for hydroxylation is 1. The average Bonchev–Trinajstić information content (AvgIpc) is 2.97. The molecular weight excluding hydrogens is 292 g/mol. The van der Waals surface area contributed by atoms with E-state index in [0.717, 1.165) is 17.5 Å². The zero-order valence-electron chi connectivity index (χ0n) is 13.7. The van der Waals surface area contributed by atoms with Crippen LogP contribution >= 0.6 is 0 Å². The fourth-order valence-electron chi connectivity index (χ4n) is 2.40. The van der Waals surface area contributed by atoms with Crippen molar-refractivity contribution in [2.24, 2.45) is 7.05 Å². The fraction of sp³-hybridized carbons (Fsp3) is 0.353. The normalized spacial score (nSPS) is 11.8. The maximum atomic E-state index is 12.2. The predicted octanol–water partition coefficient (Wildman–Crippen LogP) is 1.65. The Morgan fingerprint density at radius 2 is 2.00 bits per heavy atom. The molecule has 23 heavy (non-hydrogen) atoms. The molecule has 2 rings (SSSR count). The largest absolute Gasteiger partial charge is 0.341 e. The van der Waals surface area contributed by atoms with Crippen molar-refractivity contribution < 1.29 is 9.59 Å². The van der Waals surface area contributed by atoms with E-state index in [1.54, 1.807) is 17.9 Å². The highest BCUT2D eigenvalue weighted by atomic mass is 16.2. The first-order valence-corrected chi connectivity index (χ1v) is 7.59. The molecule has 122 valence electrons. The molecule has 6 heteroatoms. The minimum atomic E-state index is -0.591. The molecular formula is C17H22N4O2. The molecule has 0 aliphatic carbocycles. The molecule has 1 aromatic heterocycles. The third-order valence-electron chi connectivity index (χ3n) is 3.63. The van der Waals surface area contributed by atoms with Gasteiger partial charge in [-0.15, -0.1) is 0 Å². The molecule has 0 spiro atoms. The van der Waals surface area contributed by atoms with Gasteiger partial charge < -0.3 is 10.2 Å². The average molecular weight is 314 g/mol. The lowest BCUT2D eigenvalue weighted by Gasteiger charge is -2.20. The molecule has 2 aromatic rings. The Hall–Kier alpha value is -2.63. The molecule has 0 saturated carbocycles. The Morgan fingerprint density at radius 1 is 1.30 bits per heavy atom. The Bertz CT molecular complexity index is 666. The number of rotatable bonds is 5. The Balaban J connectivity index is 1.97. The van der Waals surface area contributed by atoms with Crippen molar-refractivity contribution in [3.8, 4) is 0 Å². The molecule has 1 atom stereocenters. The number of carbonyl (C=O) groups is 2. The maximum absolute atomic E-state index is 12.2. The van der Waals surface area contributed by atoms with E-state index in [1.807, 2.05) is 50.5 Å². The number of amides is 2. The molecule has 6 nitrogen and oxygen atoms in total. The van der Waals surface area contributed by atoms with Crippen LogP contribution in [0.4, 0.5) is 0 Å². The van der Waals surface area contributed by atoms with E-state index >= 15 is 0 Å². The third-order valence-corrected chi connectivity index (χ3v) is 3.63. The van der Waals surface area contributed by atoms with Crippen molar-refractivity contribution in [2.45, 2.75) is 25.9 Å². The van der Waals surface area contributed by atoms with Crippen molar-refractivity contribution in [1.82, 2.24) is 20.0 Å². The van der Waals surface area contributed by atoms with Crippen LogP contribution in [0.1, 0.15) is 30.5 Å². The van der Waals surface area contributed by atoms with Gasteiger partial charge in [0.2, 0.25) is 0 Å².